The number of piperazine rings is 1. The Hall–Kier alpha value is -2.29. The van der Waals surface area contributed by atoms with Gasteiger partial charge in [-0.25, -0.2) is 0 Å². The molecule has 0 radical (unpaired) electrons. The maximum absolute atomic E-state index is 6.04. The van der Waals surface area contributed by atoms with Crippen molar-refractivity contribution in [3.05, 3.63) is 88.9 Å². The standard InChI is InChI=1S/C28H33ClN2/c1-20(21-5-7-22(8-6-21)23-9-13-25(29)14-10-23)27-19-30-17-18-31(27)26-15-11-24(12-16-26)28(2,3)4/h5-16,20,27,30H,17-19H2,1-4H3. The van der Waals surface area contributed by atoms with Gasteiger partial charge in [-0.05, 0) is 51.9 Å². The average Bonchev–Trinajstić information content (AvgIpc) is 2.79. The smallest absolute Gasteiger partial charge is 0.0480 e. The highest BCUT2D eigenvalue weighted by atomic mass is 35.5. The molecule has 2 unspecified atom stereocenters. The number of nitrogens with one attached hydrogen (secondary N) is 1. The van der Waals surface area contributed by atoms with Crippen LogP contribution in [0.1, 0.15) is 44.7 Å². The van der Waals surface area contributed by atoms with Crippen LogP contribution in [0, 0.1) is 0 Å². The Morgan fingerprint density at radius 3 is 2.03 bits per heavy atom. The summed E-state index contributed by atoms with van der Waals surface area (Å²) < 4.78 is 0. The SMILES string of the molecule is CC(c1ccc(-c2ccc(Cl)cc2)cc1)C1CNCCN1c1ccc(C(C)(C)C)cc1. The molecule has 3 aromatic carbocycles. The summed E-state index contributed by atoms with van der Waals surface area (Å²) in [6.45, 7) is 12.2. The summed E-state index contributed by atoms with van der Waals surface area (Å²) >= 11 is 6.04. The van der Waals surface area contributed by atoms with Crippen molar-refractivity contribution in [2.24, 2.45) is 0 Å². The Kier molecular flexibility index (Phi) is 6.41. The van der Waals surface area contributed by atoms with Crippen molar-refractivity contribution in [1.29, 1.82) is 0 Å². The Morgan fingerprint density at radius 2 is 1.45 bits per heavy atom. The zero-order chi connectivity index (χ0) is 22.0. The van der Waals surface area contributed by atoms with Gasteiger partial charge in [-0.1, -0.05) is 87.8 Å². The van der Waals surface area contributed by atoms with E-state index in [4.69, 9.17) is 11.6 Å². The van der Waals surface area contributed by atoms with E-state index in [1.54, 1.807) is 0 Å². The summed E-state index contributed by atoms with van der Waals surface area (Å²) in [5, 5.41) is 4.38. The number of hydrogen-bond donors (Lipinski definition) is 1. The van der Waals surface area contributed by atoms with E-state index in [1.807, 2.05) is 12.1 Å². The number of nitrogens with zero attached hydrogens (tertiary/aromatic N) is 1. The Balaban J connectivity index is 1.54. The fraction of sp³-hybridized carbons (Fsp3) is 0.357. The molecule has 2 nitrogen and oxygen atoms in total. The Morgan fingerprint density at radius 1 is 0.871 bits per heavy atom. The molecule has 0 saturated carbocycles. The van der Waals surface area contributed by atoms with Crippen LogP contribution >= 0.6 is 11.6 Å². The largest absolute Gasteiger partial charge is 0.365 e. The van der Waals surface area contributed by atoms with E-state index in [1.165, 1.54) is 27.9 Å². The molecule has 1 aliphatic heterocycles. The lowest BCUT2D eigenvalue weighted by molar-refractivity contribution is 0.430. The lowest BCUT2D eigenvalue weighted by Crippen LogP contribution is -2.53. The quantitative estimate of drug-likeness (QED) is 0.483. The van der Waals surface area contributed by atoms with Gasteiger partial charge in [0, 0.05) is 42.3 Å². The van der Waals surface area contributed by atoms with Crippen molar-refractivity contribution in [1.82, 2.24) is 5.32 Å². The number of halogens is 1. The fourth-order valence-electron chi connectivity index (χ4n) is 4.49. The van der Waals surface area contributed by atoms with Gasteiger partial charge in [0.05, 0.1) is 0 Å². The van der Waals surface area contributed by atoms with Crippen LogP contribution in [0.3, 0.4) is 0 Å². The summed E-state index contributed by atoms with van der Waals surface area (Å²) in [5.74, 6) is 0.425. The van der Waals surface area contributed by atoms with E-state index in [2.05, 4.69) is 98.6 Å². The average molecular weight is 433 g/mol. The molecule has 1 heterocycles. The van der Waals surface area contributed by atoms with E-state index in [0.717, 1.165) is 24.7 Å². The second-order valence-electron chi connectivity index (χ2n) is 9.68. The maximum Gasteiger partial charge on any atom is 0.0480 e. The first kappa shape index (κ1) is 21.9. The van der Waals surface area contributed by atoms with Gasteiger partial charge in [-0.3, -0.25) is 0 Å². The molecule has 3 heteroatoms. The monoisotopic (exact) mass is 432 g/mol. The van der Waals surface area contributed by atoms with Gasteiger partial charge in [-0.2, -0.15) is 0 Å². The second-order valence-corrected chi connectivity index (χ2v) is 10.1. The number of benzene rings is 3. The van der Waals surface area contributed by atoms with Crippen molar-refractivity contribution in [3.63, 3.8) is 0 Å². The van der Waals surface area contributed by atoms with Gasteiger partial charge in [0.1, 0.15) is 0 Å². The van der Waals surface area contributed by atoms with E-state index in [9.17, 15) is 0 Å². The molecule has 1 saturated heterocycles. The molecule has 0 spiro atoms. The molecule has 162 valence electrons. The van der Waals surface area contributed by atoms with Gasteiger partial charge in [0.15, 0.2) is 0 Å². The van der Waals surface area contributed by atoms with Crippen LogP contribution in [-0.2, 0) is 5.41 Å². The summed E-state index contributed by atoms with van der Waals surface area (Å²) in [4.78, 5) is 2.58. The Labute approximate surface area is 192 Å². The van der Waals surface area contributed by atoms with Gasteiger partial charge >= 0.3 is 0 Å². The maximum atomic E-state index is 6.04. The van der Waals surface area contributed by atoms with Crippen molar-refractivity contribution in [2.45, 2.75) is 45.1 Å². The van der Waals surface area contributed by atoms with Gasteiger partial charge in [0.2, 0.25) is 0 Å². The van der Waals surface area contributed by atoms with Gasteiger partial charge < -0.3 is 10.2 Å². The predicted octanol–water partition coefficient (Wildman–Crippen LogP) is 6.89. The van der Waals surface area contributed by atoms with Crippen LogP contribution in [0.15, 0.2) is 72.8 Å². The summed E-state index contributed by atoms with van der Waals surface area (Å²) in [7, 11) is 0. The molecule has 0 aliphatic carbocycles. The van der Waals surface area contributed by atoms with Crippen LogP contribution in [-0.4, -0.2) is 25.7 Å². The highest BCUT2D eigenvalue weighted by Gasteiger charge is 2.28. The predicted molar refractivity (Wildman–Crippen MR) is 134 cm³/mol. The van der Waals surface area contributed by atoms with Crippen LogP contribution in [0.5, 0.6) is 0 Å². The third-order valence-electron chi connectivity index (χ3n) is 6.54. The molecular formula is C28H33ClN2. The van der Waals surface area contributed by atoms with Crippen LogP contribution in [0.4, 0.5) is 5.69 Å². The fourth-order valence-corrected chi connectivity index (χ4v) is 4.62. The molecule has 2 atom stereocenters. The molecule has 1 N–H and O–H groups in total. The van der Waals surface area contributed by atoms with Crippen molar-refractivity contribution < 1.29 is 0 Å². The molecular weight excluding hydrogens is 400 g/mol. The van der Waals surface area contributed by atoms with E-state index < -0.39 is 0 Å². The second kappa shape index (κ2) is 9.06. The first-order valence-electron chi connectivity index (χ1n) is 11.3. The van der Waals surface area contributed by atoms with E-state index >= 15 is 0 Å². The normalized spacial score (nSPS) is 18.1. The molecule has 1 aliphatic rings. The lowest BCUT2D eigenvalue weighted by Gasteiger charge is -2.41. The number of rotatable bonds is 4. The van der Waals surface area contributed by atoms with E-state index in [-0.39, 0.29) is 5.41 Å². The summed E-state index contributed by atoms with van der Waals surface area (Å²) in [5.41, 5.74) is 6.69. The third-order valence-corrected chi connectivity index (χ3v) is 6.79. The minimum atomic E-state index is 0.181. The molecule has 0 bridgehead atoms. The number of anilines is 1. The lowest BCUT2D eigenvalue weighted by atomic mass is 9.86. The summed E-state index contributed by atoms with van der Waals surface area (Å²) in [6.07, 6.45) is 0. The first-order valence-corrected chi connectivity index (χ1v) is 11.6. The molecule has 0 aromatic heterocycles. The highest BCUT2D eigenvalue weighted by molar-refractivity contribution is 6.30. The third kappa shape index (κ3) is 4.97. The molecule has 31 heavy (non-hydrogen) atoms. The van der Waals surface area contributed by atoms with Crippen LogP contribution in [0.2, 0.25) is 5.02 Å². The molecule has 3 aromatic rings. The molecule has 4 rings (SSSR count). The topological polar surface area (TPSA) is 15.3 Å². The van der Waals surface area contributed by atoms with Gasteiger partial charge in [-0.15, -0.1) is 0 Å². The van der Waals surface area contributed by atoms with Gasteiger partial charge in [0.25, 0.3) is 0 Å². The van der Waals surface area contributed by atoms with Crippen molar-refractivity contribution >= 4 is 17.3 Å². The molecule has 0 amide bonds. The van der Waals surface area contributed by atoms with E-state index in [0.29, 0.717) is 12.0 Å². The zero-order valence-corrected chi connectivity index (χ0v) is 19.8. The highest BCUT2D eigenvalue weighted by Crippen LogP contribution is 2.32. The minimum Gasteiger partial charge on any atom is -0.365 e. The van der Waals surface area contributed by atoms with Crippen LogP contribution < -0.4 is 10.2 Å². The number of hydrogen-bond acceptors (Lipinski definition) is 2. The minimum absolute atomic E-state index is 0.181. The first-order chi connectivity index (χ1) is 14.8. The zero-order valence-electron chi connectivity index (χ0n) is 19.0. The van der Waals surface area contributed by atoms with Crippen LogP contribution in [0.25, 0.3) is 11.1 Å². The summed E-state index contributed by atoms with van der Waals surface area (Å²) in [6, 6.07) is 26.7. The van der Waals surface area contributed by atoms with Crippen molar-refractivity contribution in [3.8, 4) is 11.1 Å². The van der Waals surface area contributed by atoms with Crippen molar-refractivity contribution in [2.75, 3.05) is 24.5 Å². The Bertz CT molecular complexity index is 985. The molecule has 1 fully saturated rings.